The Morgan fingerprint density at radius 3 is 2.94 bits per heavy atom. The normalized spacial score (nSPS) is 18.1. The van der Waals surface area contributed by atoms with Gasteiger partial charge in [-0.15, -0.1) is 5.10 Å². The highest BCUT2D eigenvalue weighted by Crippen LogP contribution is 2.29. The van der Waals surface area contributed by atoms with Crippen molar-refractivity contribution in [1.82, 2.24) is 20.2 Å². The van der Waals surface area contributed by atoms with Crippen LogP contribution in [0.5, 0.6) is 0 Å². The molecule has 1 fully saturated rings. The van der Waals surface area contributed by atoms with Crippen LogP contribution in [0, 0.1) is 5.92 Å². The van der Waals surface area contributed by atoms with Crippen LogP contribution in [-0.2, 0) is 11.2 Å². The lowest BCUT2D eigenvalue weighted by molar-refractivity contribution is -0.137. The van der Waals surface area contributed by atoms with Crippen LogP contribution in [-0.4, -0.2) is 31.3 Å². The largest absolute Gasteiger partial charge is 0.481 e. The Balaban J connectivity index is 2.02. The standard InChI is InChI=1S/C10H16N4O2/c1-7(5-10(15)16)14-9(11-12-13-14)6-8-3-2-4-8/h7-8H,2-6H2,1H3,(H,15,16). The smallest absolute Gasteiger partial charge is 0.305 e. The van der Waals surface area contributed by atoms with E-state index in [0.717, 1.165) is 12.2 Å². The minimum absolute atomic E-state index is 0.0582. The zero-order valence-corrected chi connectivity index (χ0v) is 9.33. The number of carboxylic acid groups (broad SMARTS) is 1. The van der Waals surface area contributed by atoms with Gasteiger partial charge >= 0.3 is 5.97 Å². The van der Waals surface area contributed by atoms with Gasteiger partial charge in [0.2, 0.25) is 0 Å². The number of carbonyl (C=O) groups is 1. The van der Waals surface area contributed by atoms with Gasteiger partial charge in [0.1, 0.15) is 0 Å². The second-order valence-corrected chi connectivity index (χ2v) is 4.49. The van der Waals surface area contributed by atoms with E-state index >= 15 is 0 Å². The highest BCUT2D eigenvalue weighted by molar-refractivity contribution is 5.67. The minimum Gasteiger partial charge on any atom is -0.481 e. The average molecular weight is 224 g/mol. The monoisotopic (exact) mass is 224 g/mol. The summed E-state index contributed by atoms with van der Waals surface area (Å²) in [7, 11) is 0. The molecule has 1 aliphatic rings. The molecule has 0 spiro atoms. The van der Waals surface area contributed by atoms with Crippen LogP contribution in [0.25, 0.3) is 0 Å². The topological polar surface area (TPSA) is 80.9 Å². The lowest BCUT2D eigenvalue weighted by Crippen LogP contribution is -2.20. The quantitative estimate of drug-likeness (QED) is 0.808. The van der Waals surface area contributed by atoms with Gasteiger partial charge in [-0.25, -0.2) is 4.68 Å². The highest BCUT2D eigenvalue weighted by Gasteiger charge is 2.23. The third-order valence-corrected chi connectivity index (χ3v) is 3.14. The minimum atomic E-state index is -0.822. The molecular formula is C10H16N4O2. The molecule has 1 heterocycles. The molecule has 2 rings (SSSR count). The third-order valence-electron chi connectivity index (χ3n) is 3.14. The summed E-state index contributed by atoms with van der Waals surface area (Å²) in [5, 5.41) is 20.2. The molecule has 0 saturated heterocycles. The van der Waals surface area contributed by atoms with Crippen LogP contribution in [0.4, 0.5) is 0 Å². The van der Waals surface area contributed by atoms with Crippen LogP contribution < -0.4 is 0 Å². The first kappa shape index (κ1) is 11.0. The zero-order valence-electron chi connectivity index (χ0n) is 9.33. The van der Waals surface area contributed by atoms with Crippen LogP contribution in [0.2, 0.25) is 0 Å². The van der Waals surface area contributed by atoms with Crippen molar-refractivity contribution in [3.05, 3.63) is 5.82 Å². The maximum atomic E-state index is 10.6. The van der Waals surface area contributed by atoms with Crippen LogP contribution in [0.15, 0.2) is 0 Å². The fourth-order valence-electron chi connectivity index (χ4n) is 1.98. The van der Waals surface area contributed by atoms with E-state index in [1.54, 1.807) is 4.68 Å². The Kier molecular flexibility index (Phi) is 3.17. The zero-order chi connectivity index (χ0) is 11.5. The van der Waals surface area contributed by atoms with Crippen molar-refractivity contribution in [1.29, 1.82) is 0 Å². The van der Waals surface area contributed by atoms with Gasteiger partial charge in [-0.3, -0.25) is 4.79 Å². The number of tetrazole rings is 1. The van der Waals surface area contributed by atoms with Gasteiger partial charge < -0.3 is 5.11 Å². The van der Waals surface area contributed by atoms with Crippen molar-refractivity contribution in [2.75, 3.05) is 0 Å². The molecule has 0 aliphatic heterocycles. The summed E-state index contributed by atoms with van der Waals surface area (Å²) in [4.78, 5) is 10.6. The molecule has 1 aromatic rings. The summed E-state index contributed by atoms with van der Waals surface area (Å²) in [6, 6.07) is -0.178. The maximum Gasteiger partial charge on any atom is 0.305 e. The molecule has 1 saturated carbocycles. The molecule has 88 valence electrons. The molecule has 1 aromatic heterocycles. The predicted octanol–water partition coefficient (Wildman–Crippen LogP) is 1.05. The van der Waals surface area contributed by atoms with E-state index in [9.17, 15) is 4.79 Å². The highest BCUT2D eigenvalue weighted by atomic mass is 16.4. The van der Waals surface area contributed by atoms with Gasteiger partial charge in [0.15, 0.2) is 5.82 Å². The number of nitrogens with zero attached hydrogens (tertiary/aromatic N) is 4. The molecule has 1 atom stereocenters. The van der Waals surface area contributed by atoms with Crippen molar-refractivity contribution >= 4 is 5.97 Å². The molecule has 1 unspecified atom stereocenters. The Bertz CT molecular complexity index is 373. The summed E-state index contributed by atoms with van der Waals surface area (Å²) < 4.78 is 1.65. The van der Waals surface area contributed by atoms with Gasteiger partial charge in [-0.1, -0.05) is 19.3 Å². The second kappa shape index (κ2) is 4.59. The Morgan fingerprint density at radius 1 is 1.62 bits per heavy atom. The lowest BCUT2D eigenvalue weighted by atomic mass is 9.83. The molecule has 0 bridgehead atoms. The summed E-state index contributed by atoms with van der Waals surface area (Å²) >= 11 is 0. The fraction of sp³-hybridized carbons (Fsp3) is 0.800. The molecule has 6 nitrogen and oxygen atoms in total. The van der Waals surface area contributed by atoms with Gasteiger partial charge in [0.05, 0.1) is 12.5 Å². The molecule has 0 amide bonds. The van der Waals surface area contributed by atoms with Gasteiger partial charge in [0, 0.05) is 6.42 Å². The molecule has 6 heteroatoms. The molecule has 0 radical (unpaired) electrons. The molecule has 1 N–H and O–H groups in total. The van der Waals surface area contributed by atoms with Gasteiger partial charge in [-0.05, 0) is 23.3 Å². The number of rotatable bonds is 5. The van der Waals surface area contributed by atoms with Gasteiger partial charge in [0.25, 0.3) is 0 Å². The van der Waals surface area contributed by atoms with E-state index < -0.39 is 5.97 Å². The van der Waals surface area contributed by atoms with E-state index in [4.69, 9.17) is 5.11 Å². The predicted molar refractivity (Wildman–Crippen MR) is 55.8 cm³/mol. The lowest BCUT2D eigenvalue weighted by Gasteiger charge is -2.24. The van der Waals surface area contributed by atoms with Crippen molar-refractivity contribution in [3.8, 4) is 0 Å². The van der Waals surface area contributed by atoms with Crippen molar-refractivity contribution < 1.29 is 9.90 Å². The second-order valence-electron chi connectivity index (χ2n) is 4.49. The third kappa shape index (κ3) is 2.37. The molecule has 1 aliphatic carbocycles. The first-order chi connectivity index (χ1) is 7.66. The molecule has 16 heavy (non-hydrogen) atoms. The Morgan fingerprint density at radius 2 is 2.38 bits per heavy atom. The van der Waals surface area contributed by atoms with Crippen LogP contribution in [0.3, 0.4) is 0 Å². The number of aromatic nitrogens is 4. The number of aliphatic carboxylic acids is 1. The summed E-state index contributed by atoms with van der Waals surface area (Å²) in [6.07, 6.45) is 4.69. The Labute approximate surface area is 93.6 Å². The summed E-state index contributed by atoms with van der Waals surface area (Å²) in [5.74, 6) is 0.679. The summed E-state index contributed by atoms with van der Waals surface area (Å²) in [5.41, 5.74) is 0. The Hall–Kier alpha value is -1.46. The fourth-order valence-corrected chi connectivity index (χ4v) is 1.98. The van der Waals surface area contributed by atoms with E-state index in [-0.39, 0.29) is 12.5 Å². The summed E-state index contributed by atoms with van der Waals surface area (Å²) in [6.45, 7) is 1.83. The molecular weight excluding hydrogens is 208 g/mol. The first-order valence-corrected chi connectivity index (χ1v) is 5.65. The van der Waals surface area contributed by atoms with E-state index in [1.807, 2.05) is 6.92 Å². The van der Waals surface area contributed by atoms with E-state index in [1.165, 1.54) is 19.3 Å². The first-order valence-electron chi connectivity index (χ1n) is 5.65. The number of hydrogen-bond acceptors (Lipinski definition) is 4. The average Bonchev–Trinajstić information content (AvgIpc) is 2.57. The van der Waals surface area contributed by atoms with Crippen molar-refractivity contribution in [2.45, 2.75) is 45.1 Å². The maximum absolute atomic E-state index is 10.6. The van der Waals surface area contributed by atoms with Crippen LogP contribution >= 0.6 is 0 Å². The van der Waals surface area contributed by atoms with Crippen molar-refractivity contribution in [2.24, 2.45) is 5.92 Å². The van der Waals surface area contributed by atoms with E-state index in [0.29, 0.717) is 5.92 Å². The van der Waals surface area contributed by atoms with Crippen LogP contribution in [0.1, 0.15) is 44.5 Å². The van der Waals surface area contributed by atoms with E-state index in [2.05, 4.69) is 15.5 Å². The molecule has 0 aromatic carbocycles. The van der Waals surface area contributed by atoms with Crippen molar-refractivity contribution in [3.63, 3.8) is 0 Å². The van der Waals surface area contributed by atoms with Gasteiger partial charge in [-0.2, -0.15) is 0 Å². The number of hydrogen-bond donors (Lipinski definition) is 1. The number of carboxylic acids is 1. The SMILES string of the molecule is CC(CC(=O)O)n1nnnc1CC1CCC1.